The Labute approximate surface area is 237 Å². The number of amides is 1. The first kappa shape index (κ1) is 24.8. The molecule has 10 heteroatoms. The van der Waals surface area contributed by atoms with Crippen molar-refractivity contribution in [1.82, 2.24) is 34.2 Å². The Morgan fingerprint density at radius 3 is 2.95 bits per heavy atom. The summed E-state index contributed by atoms with van der Waals surface area (Å²) >= 11 is 0. The van der Waals surface area contributed by atoms with E-state index in [9.17, 15) is 4.79 Å². The van der Waals surface area contributed by atoms with Crippen LogP contribution in [0.3, 0.4) is 0 Å². The van der Waals surface area contributed by atoms with Crippen molar-refractivity contribution in [1.29, 1.82) is 0 Å². The SMILES string of the molecule is CC#CC(=O)N1CCC(n2cc(-c3c4c5c(ncnc5n3C)NCc3cc(Oc5cccc(C)n5)ccc3-4)cn2)C1. The van der Waals surface area contributed by atoms with Gasteiger partial charge < -0.3 is 19.5 Å². The number of rotatable bonds is 4. The Hall–Kier alpha value is -5.17. The van der Waals surface area contributed by atoms with Crippen molar-refractivity contribution in [3.05, 3.63) is 66.4 Å². The van der Waals surface area contributed by atoms with Crippen molar-refractivity contribution in [2.75, 3.05) is 18.4 Å². The molecule has 1 fully saturated rings. The van der Waals surface area contributed by atoms with E-state index in [0.29, 0.717) is 25.5 Å². The number of aryl methyl sites for hydroxylation is 2. The Kier molecular flexibility index (Phi) is 5.93. The third-order valence-electron chi connectivity index (χ3n) is 7.78. The largest absolute Gasteiger partial charge is 0.439 e. The van der Waals surface area contributed by atoms with Gasteiger partial charge >= 0.3 is 0 Å². The highest BCUT2D eigenvalue weighted by Crippen LogP contribution is 2.46. The second-order valence-electron chi connectivity index (χ2n) is 10.4. The lowest BCUT2D eigenvalue weighted by Crippen LogP contribution is -2.27. The first-order valence-corrected chi connectivity index (χ1v) is 13.6. The summed E-state index contributed by atoms with van der Waals surface area (Å²) < 4.78 is 10.2. The zero-order valence-corrected chi connectivity index (χ0v) is 23.0. The Balaban J connectivity index is 1.29. The van der Waals surface area contributed by atoms with E-state index >= 15 is 0 Å². The van der Waals surface area contributed by atoms with Crippen LogP contribution in [0, 0.1) is 18.8 Å². The van der Waals surface area contributed by atoms with E-state index in [0.717, 1.165) is 62.7 Å². The first-order valence-electron chi connectivity index (χ1n) is 13.6. The third-order valence-corrected chi connectivity index (χ3v) is 7.78. The highest BCUT2D eigenvalue weighted by atomic mass is 16.5. The van der Waals surface area contributed by atoms with Crippen molar-refractivity contribution in [2.45, 2.75) is 32.9 Å². The minimum atomic E-state index is -0.131. The van der Waals surface area contributed by atoms with Gasteiger partial charge in [0.15, 0.2) is 0 Å². The fraction of sp³-hybridized carbons (Fsp3) is 0.258. The molecule has 7 rings (SSSR count). The van der Waals surface area contributed by atoms with Crippen LogP contribution < -0.4 is 10.1 Å². The summed E-state index contributed by atoms with van der Waals surface area (Å²) in [6.07, 6.45) is 6.40. The third kappa shape index (κ3) is 4.26. The summed E-state index contributed by atoms with van der Waals surface area (Å²) in [4.78, 5) is 27.8. The van der Waals surface area contributed by atoms with E-state index in [1.165, 1.54) is 0 Å². The monoisotopic (exact) mass is 544 g/mol. The molecule has 0 bridgehead atoms. The zero-order valence-electron chi connectivity index (χ0n) is 23.0. The molecule has 2 aliphatic rings. The second-order valence-corrected chi connectivity index (χ2v) is 10.4. The molecule has 1 atom stereocenters. The standard InChI is InChI=1S/C31H28N8O2/c1-4-6-26(40)38-12-11-22(17-38)39-16-21(15-35-39)29-27-24-10-9-23(41-25-8-5-7-19(2)36-25)13-20(24)14-32-30-28(27)31(37(29)3)34-18-33-30/h5,7-10,13,15-16,18,22H,11-12,14,17H2,1-3H3,(H,32,33,34). The molecule has 204 valence electrons. The Morgan fingerprint density at radius 1 is 1.20 bits per heavy atom. The van der Waals surface area contributed by atoms with Crippen LogP contribution in [0.15, 0.2) is 55.1 Å². The normalized spacial score (nSPS) is 15.6. The van der Waals surface area contributed by atoms with Gasteiger partial charge in [0.1, 0.15) is 23.5 Å². The lowest BCUT2D eigenvalue weighted by molar-refractivity contribution is -0.124. The fourth-order valence-corrected chi connectivity index (χ4v) is 5.87. The topological polar surface area (TPSA) is 103 Å². The number of hydrogen-bond donors (Lipinski definition) is 1. The summed E-state index contributed by atoms with van der Waals surface area (Å²) in [5, 5.41) is 9.22. The summed E-state index contributed by atoms with van der Waals surface area (Å²) in [6.45, 7) is 5.48. The second kappa shape index (κ2) is 9.78. The molecule has 1 aromatic carbocycles. The van der Waals surface area contributed by atoms with E-state index < -0.39 is 0 Å². The van der Waals surface area contributed by atoms with Crippen molar-refractivity contribution < 1.29 is 9.53 Å². The van der Waals surface area contributed by atoms with Crippen LogP contribution in [0.1, 0.15) is 30.6 Å². The maximum Gasteiger partial charge on any atom is 0.298 e. The lowest BCUT2D eigenvalue weighted by Gasteiger charge is -2.14. The number of aromatic nitrogens is 6. The van der Waals surface area contributed by atoms with Gasteiger partial charge in [-0.15, -0.1) is 0 Å². The van der Waals surface area contributed by atoms with Gasteiger partial charge in [0.2, 0.25) is 5.88 Å². The van der Waals surface area contributed by atoms with Crippen molar-refractivity contribution in [3.8, 4) is 45.9 Å². The maximum atomic E-state index is 12.3. The molecule has 4 aromatic heterocycles. The molecule has 0 radical (unpaired) electrons. The highest BCUT2D eigenvalue weighted by molar-refractivity contribution is 6.09. The minimum Gasteiger partial charge on any atom is -0.439 e. The number of anilines is 1. The molecule has 41 heavy (non-hydrogen) atoms. The number of pyridine rings is 1. The number of likely N-dealkylation sites (tertiary alicyclic amines) is 1. The molecule has 6 heterocycles. The molecule has 0 spiro atoms. The minimum absolute atomic E-state index is 0.0967. The maximum absolute atomic E-state index is 12.3. The lowest BCUT2D eigenvalue weighted by atomic mass is 9.96. The van der Waals surface area contributed by atoms with Gasteiger partial charge in [0.05, 0.1) is 23.3 Å². The predicted molar refractivity (Wildman–Crippen MR) is 155 cm³/mol. The number of hydrogen-bond acceptors (Lipinski definition) is 7. The Morgan fingerprint density at radius 2 is 2.10 bits per heavy atom. The van der Waals surface area contributed by atoms with Crippen molar-refractivity contribution in [3.63, 3.8) is 0 Å². The van der Waals surface area contributed by atoms with Crippen LogP contribution >= 0.6 is 0 Å². The molecule has 1 N–H and O–H groups in total. The molecule has 10 nitrogen and oxygen atoms in total. The number of nitrogens with zero attached hydrogens (tertiary/aromatic N) is 7. The molecular weight excluding hydrogens is 516 g/mol. The van der Waals surface area contributed by atoms with Crippen molar-refractivity contribution >= 4 is 22.8 Å². The average molecular weight is 545 g/mol. The van der Waals surface area contributed by atoms with E-state index in [4.69, 9.17) is 9.84 Å². The number of fused-ring (bicyclic) bond motifs is 2. The van der Waals surface area contributed by atoms with Crippen LogP contribution in [0.2, 0.25) is 0 Å². The summed E-state index contributed by atoms with van der Waals surface area (Å²) in [6, 6.07) is 12.0. The smallest absolute Gasteiger partial charge is 0.298 e. The van der Waals surface area contributed by atoms with Crippen LogP contribution in [0.5, 0.6) is 11.6 Å². The van der Waals surface area contributed by atoms with Crippen LogP contribution in [0.4, 0.5) is 5.82 Å². The molecule has 5 aromatic rings. The number of nitrogens with one attached hydrogen (secondary N) is 1. The summed E-state index contributed by atoms with van der Waals surface area (Å²) in [5.74, 6) is 7.29. The summed E-state index contributed by atoms with van der Waals surface area (Å²) in [7, 11) is 2.02. The van der Waals surface area contributed by atoms with Gasteiger partial charge in [-0.05, 0) is 55.5 Å². The molecule has 0 aliphatic carbocycles. The van der Waals surface area contributed by atoms with Gasteiger partial charge in [-0.25, -0.2) is 15.0 Å². The van der Waals surface area contributed by atoms with E-state index in [1.54, 1.807) is 18.2 Å². The first-order chi connectivity index (χ1) is 20.0. The average Bonchev–Trinajstić information content (AvgIpc) is 3.68. The molecule has 1 unspecified atom stereocenters. The number of benzene rings is 1. The van der Waals surface area contributed by atoms with Crippen LogP contribution in [-0.4, -0.2) is 53.2 Å². The van der Waals surface area contributed by atoms with Gasteiger partial charge in [0.25, 0.3) is 5.91 Å². The van der Waals surface area contributed by atoms with Gasteiger partial charge in [-0.2, -0.15) is 5.10 Å². The number of ether oxygens (including phenoxy) is 1. The summed E-state index contributed by atoms with van der Waals surface area (Å²) in [5.41, 5.74) is 6.94. The highest BCUT2D eigenvalue weighted by Gasteiger charge is 2.30. The number of carbonyl (C=O) groups excluding carboxylic acids is 1. The Bertz CT molecular complexity index is 1890. The molecule has 1 amide bonds. The van der Waals surface area contributed by atoms with Crippen molar-refractivity contribution in [2.24, 2.45) is 7.05 Å². The molecule has 2 aliphatic heterocycles. The van der Waals surface area contributed by atoms with Crippen LogP contribution in [-0.2, 0) is 18.4 Å². The van der Waals surface area contributed by atoms with Gasteiger partial charge in [0, 0.05) is 55.8 Å². The molecule has 1 saturated heterocycles. The van der Waals surface area contributed by atoms with Gasteiger partial charge in [-0.3, -0.25) is 9.48 Å². The van der Waals surface area contributed by atoms with E-state index in [2.05, 4.69) is 55.0 Å². The molecular formula is C31H28N8O2. The predicted octanol–water partition coefficient (Wildman–Crippen LogP) is 4.72. The van der Waals surface area contributed by atoms with Crippen LogP contribution in [0.25, 0.3) is 33.4 Å². The number of carbonyl (C=O) groups is 1. The zero-order chi connectivity index (χ0) is 28.1. The quantitative estimate of drug-likeness (QED) is 0.327. The van der Waals surface area contributed by atoms with E-state index in [-0.39, 0.29) is 11.9 Å². The molecule has 0 saturated carbocycles. The van der Waals surface area contributed by atoms with Gasteiger partial charge in [-0.1, -0.05) is 18.1 Å². The van der Waals surface area contributed by atoms with E-state index in [1.807, 2.05) is 49.1 Å². The fourth-order valence-electron chi connectivity index (χ4n) is 5.87.